The van der Waals surface area contributed by atoms with Gasteiger partial charge in [0.2, 0.25) is 0 Å². The molecular weight excluding hydrogens is 769 g/mol. The van der Waals surface area contributed by atoms with Gasteiger partial charge in [0.1, 0.15) is 35.2 Å². The highest BCUT2D eigenvalue weighted by molar-refractivity contribution is 5.98. The van der Waals surface area contributed by atoms with E-state index in [1.165, 1.54) is 36.4 Å². The van der Waals surface area contributed by atoms with Gasteiger partial charge in [-0.15, -0.1) is 6.42 Å². The molecule has 0 aliphatic rings. The average molecular weight is 817 g/mol. The molecule has 4 aromatic rings. The minimum atomic E-state index is -0.846. The van der Waals surface area contributed by atoms with Gasteiger partial charge in [0.15, 0.2) is 0 Å². The van der Waals surface area contributed by atoms with Crippen molar-refractivity contribution in [3.8, 4) is 35.3 Å². The number of terminal acetylenes is 1. The van der Waals surface area contributed by atoms with Crippen molar-refractivity contribution in [2.75, 3.05) is 26.4 Å². The van der Waals surface area contributed by atoms with E-state index >= 15 is 0 Å². The molecule has 0 spiro atoms. The van der Waals surface area contributed by atoms with Crippen LogP contribution in [0.3, 0.4) is 0 Å². The molecule has 0 aliphatic carbocycles. The van der Waals surface area contributed by atoms with E-state index in [4.69, 9.17) is 39.6 Å². The number of ether oxygens (including phenoxy) is 7. The Kier molecular flexibility index (Phi) is 19.2. The number of benzene rings is 4. The fourth-order valence-corrected chi connectivity index (χ4v) is 5.45. The van der Waals surface area contributed by atoms with Crippen molar-refractivity contribution >= 4 is 29.8 Å². The molecule has 0 bridgehead atoms. The molecule has 0 aliphatic heterocycles. The van der Waals surface area contributed by atoms with E-state index < -0.39 is 29.8 Å². The summed E-state index contributed by atoms with van der Waals surface area (Å²) in [5, 5.41) is 0. The van der Waals surface area contributed by atoms with Crippen LogP contribution in [-0.4, -0.2) is 56.3 Å². The summed E-state index contributed by atoms with van der Waals surface area (Å²) < 4.78 is 38.5. The molecule has 0 unspecified atom stereocenters. The summed E-state index contributed by atoms with van der Waals surface area (Å²) >= 11 is 0. The van der Waals surface area contributed by atoms with Gasteiger partial charge in [-0.25, -0.2) is 24.0 Å². The van der Waals surface area contributed by atoms with E-state index in [-0.39, 0.29) is 40.4 Å². The highest BCUT2D eigenvalue weighted by atomic mass is 16.6. The predicted molar refractivity (Wildman–Crippen MR) is 223 cm³/mol. The molecule has 60 heavy (non-hydrogen) atoms. The third kappa shape index (κ3) is 15.7. The van der Waals surface area contributed by atoms with Crippen LogP contribution in [0.25, 0.3) is 0 Å². The van der Waals surface area contributed by atoms with Gasteiger partial charge in [0, 0.05) is 24.3 Å². The zero-order valence-electron chi connectivity index (χ0n) is 33.4. The molecule has 4 rings (SSSR count). The van der Waals surface area contributed by atoms with Gasteiger partial charge >= 0.3 is 29.8 Å². The summed E-state index contributed by atoms with van der Waals surface area (Å²) in [6.45, 7) is 8.26. The second kappa shape index (κ2) is 25.3. The Labute approximate surface area is 350 Å². The number of hydrogen-bond donors (Lipinski definition) is 0. The third-order valence-corrected chi connectivity index (χ3v) is 8.69. The lowest BCUT2D eigenvalue weighted by atomic mass is 10.1. The fourth-order valence-electron chi connectivity index (χ4n) is 5.45. The van der Waals surface area contributed by atoms with Gasteiger partial charge in [-0.3, -0.25) is 0 Å². The lowest BCUT2D eigenvalue weighted by molar-refractivity contribution is -0.138. The van der Waals surface area contributed by atoms with Crippen molar-refractivity contribution in [1.82, 2.24) is 0 Å². The van der Waals surface area contributed by atoms with Gasteiger partial charge in [0.25, 0.3) is 0 Å². The van der Waals surface area contributed by atoms with Crippen molar-refractivity contribution in [3.63, 3.8) is 0 Å². The fraction of sp³-hybridized carbons (Fsp3) is 0.271. The van der Waals surface area contributed by atoms with E-state index in [0.29, 0.717) is 37.9 Å². The largest absolute Gasteiger partial charge is 0.494 e. The summed E-state index contributed by atoms with van der Waals surface area (Å²) in [4.78, 5) is 62.4. The zero-order chi connectivity index (χ0) is 43.0. The molecule has 0 fully saturated rings. The summed E-state index contributed by atoms with van der Waals surface area (Å²) in [7, 11) is 0. The predicted octanol–water partition coefficient (Wildman–Crippen LogP) is 8.80. The molecule has 0 saturated heterocycles. The first-order valence-electron chi connectivity index (χ1n) is 19.5. The molecule has 12 nitrogen and oxygen atoms in total. The standard InChI is InChI=1S/C48H48O12/c1-4-36-32-43(60-47(52)38-22-26-40(27-23-38)55-29-15-8-10-17-31-57-45(50)6-3)41(48(53)58-34-35-18-12-11-13-19-35)33-42(36)59-46(51)37-20-24-39(25-21-37)54-28-14-7-9-16-30-56-44(49)5-2/h1,5-6,11-13,18-27,32-33H,2-3,7-10,14-17,28-31,34H2. The first kappa shape index (κ1) is 45.6. The molecule has 4 aromatic carbocycles. The first-order chi connectivity index (χ1) is 29.2. The van der Waals surface area contributed by atoms with E-state index in [9.17, 15) is 24.0 Å². The van der Waals surface area contributed by atoms with E-state index in [2.05, 4.69) is 19.1 Å². The minimum absolute atomic E-state index is 0.0473. The summed E-state index contributed by atoms with van der Waals surface area (Å²) in [6, 6.07) is 24.2. The maximum Gasteiger partial charge on any atom is 0.343 e. The summed E-state index contributed by atoms with van der Waals surface area (Å²) in [5.41, 5.74) is 0.946. The van der Waals surface area contributed by atoms with Crippen molar-refractivity contribution in [3.05, 3.63) is 144 Å². The molecule has 0 saturated carbocycles. The quantitative estimate of drug-likeness (QED) is 0.0157. The molecule has 0 N–H and O–H groups in total. The molecule has 312 valence electrons. The van der Waals surface area contributed by atoms with Gasteiger partial charge in [-0.2, -0.15) is 0 Å². The van der Waals surface area contributed by atoms with Crippen LogP contribution in [0, 0.1) is 12.3 Å². The summed E-state index contributed by atoms with van der Waals surface area (Å²) in [5.74, 6) is -0.0133. The smallest absolute Gasteiger partial charge is 0.343 e. The van der Waals surface area contributed by atoms with Crippen molar-refractivity contribution < 1.29 is 57.1 Å². The van der Waals surface area contributed by atoms with E-state index in [1.807, 2.05) is 6.07 Å². The van der Waals surface area contributed by atoms with Crippen LogP contribution in [0.5, 0.6) is 23.0 Å². The van der Waals surface area contributed by atoms with E-state index in [1.54, 1.807) is 48.5 Å². The van der Waals surface area contributed by atoms with Crippen LogP contribution >= 0.6 is 0 Å². The van der Waals surface area contributed by atoms with Gasteiger partial charge in [0.05, 0.1) is 43.1 Å². The van der Waals surface area contributed by atoms with Crippen LogP contribution in [-0.2, 0) is 30.4 Å². The maximum absolute atomic E-state index is 13.5. The van der Waals surface area contributed by atoms with Crippen molar-refractivity contribution in [2.24, 2.45) is 0 Å². The molecule has 0 heterocycles. The monoisotopic (exact) mass is 816 g/mol. The third-order valence-electron chi connectivity index (χ3n) is 8.69. The number of carbonyl (C=O) groups excluding carboxylic acids is 5. The lowest BCUT2D eigenvalue weighted by Gasteiger charge is -2.14. The highest BCUT2D eigenvalue weighted by Gasteiger charge is 2.23. The Morgan fingerprint density at radius 1 is 0.533 bits per heavy atom. The number of hydrogen-bond acceptors (Lipinski definition) is 12. The zero-order valence-corrected chi connectivity index (χ0v) is 33.4. The van der Waals surface area contributed by atoms with Gasteiger partial charge in [-0.1, -0.05) is 49.4 Å². The van der Waals surface area contributed by atoms with Crippen LogP contribution in [0.2, 0.25) is 0 Å². The number of carbonyl (C=O) groups is 5. The SMILES string of the molecule is C#Cc1cc(OC(=O)c2ccc(OCCCCCCOC(=O)C=C)cc2)c(C(=O)OCc2ccccc2)cc1OC(=O)c1ccc(OCCCCCCOC(=O)C=C)cc1. The second-order valence-corrected chi connectivity index (χ2v) is 13.1. The molecule has 0 atom stereocenters. The lowest BCUT2D eigenvalue weighted by Crippen LogP contribution is -2.15. The molecule has 12 heteroatoms. The molecular formula is C48H48O12. The number of rotatable bonds is 25. The van der Waals surface area contributed by atoms with Crippen molar-refractivity contribution in [1.29, 1.82) is 0 Å². The normalized spacial score (nSPS) is 10.3. The first-order valence-corrected chi connectivity index (χ1v) is 19.5. The van der Waals surface area contributed by atoms with Gasteiger partial charge < -0.3 is 33.2 Å². The Bertz CT molecular complexity index is 2100. The maximum atomic E-state index is 13.5. The Morgan fingerprint density at radius 2 is 1.00 bits per heavy atom. The van der Waals surface area contributed by atoms with Crippen LogP contribution in [0.4, 0.5) is 0 Å². The Morgan fingerprint density at radius 3 is 1.47 bits per heavy atom. The Balaban J connectivity index is 1.37. The Hall–Kier alpha value is -7.13. The number of unbranched alkanes of at least 4 members (excludes halogenated alkanes) is 6. The average Bonchev–Trinajstić information content (AvgIpc) is 3.28. The van der Waals surface area contributed by atoms with Crippen LogP contribution < -0.4 is 18.9 Å². The summed E-state index contributed by atoms with van der Waals surface area (Å²) in [6.07, 6.45) is 14.7. The second-order valence-electron chi connectivity index (χ2n) is 13.1. The van der Waals surface area contributed by atoms with Crippen molar-refractivity contribution in [2.45, 2.75) is 58.0 Å². The topological polar surface area (TPSA) is 150 Å². The highest BCUT2D eigenvalue weighted by Crippen LogP contribution is 2.31. The molecule has 0 aromatic heterocycles. The van der Waals surface area contributed by atoms with Gasteiger partial charge in [-0.05, 0) is 105 Å². The molecule has 0 amide bonds. The van der Waals surface area contributed by atoms with Crippen LogP contribution in [0.1, 0.15) is 93.6 Å². The van der Waals surface area contributed by atoms with E-state index in [0.717, 1.165) is 69.1 Å². The molecule has 0 radical (unpaired) electrons. The van der Waals surface area contributed by atoms with Crippen LogP contribution in [0.15, 0.2) is 116 Å². The minimum Gasteiger partial charge on any atom is -0.494 e. The number of esters is 5.